The third-order valence-electron chi connectivity index (χ3n) is 3.28. The summed E-state index contributed by atoms with van der Waals surface area (Å²) in [4.78, 5) is -0.0276. The molecule has 0 fully saturated rings. The Balaban J connectivity index is 2.21. The van der Waals surface area contributed by atoms with Crippen molar-refractivity contribution in [3.8, 4) is 11.5 Å². The summed E-state index contributed by atoms with van der Waals surface area (Å²) in [6.45, 7) is 3.99. The zero-order valence-electron chi connectivity index (χ0n) is 14.0. The summed E-state index contributed by atoms with van der Waals surface area (Å²) in [5, 5.41) is 15.7. The van der Waals surface area contributed by atoms with Crippen LogP contribution in [0.3, 0.4) is 0 Å². The van der Waals surface area contributed by atoms with Gasteiger partial charge in [-0.2, -0.15) is 0 Å². The van der Waals surface area contributed by atoms with Crippen LogP contribution in [0.2, 0.25) is 0 Å². The van der Waals surface area contributed by atoms with Crippen LogP contribution in [0.5, 0.6) is 11.5 Å². The zero-order chi connectivity index (χ0) is 19.2. The number of phenolic OH excluding ortho intramolecular Hbond substituents is 1. The number of benzene rings is 2. The second-order valence-corrected chi connectivity index (χ2v) is 7.23. The van der Waals surface area contributed by atoms with Gasteiger partial charge in [-0.3, -0.25) is 4.72 Å². The van der Waals surface area contributed by atoms with E-state index in [9.17, 15) is 13.5 Å². The molecule has 0 spiro atoms. The molecule has 2 aromatic carbocycles. The highest BCUT2D eigenvalue weighted by Crippen LogP contribution is 2.27. The minimum Gasteiger partial charge on any atom is -0.506 e. The Kier molecular flexibility index (Phi) is 6.42. The van der Waals surface area contributed by atoms with E-state index in [1.54, 1.807) is 30.3 Å². The highest BCUT2D eigenvalue weighted by Gasteiger charge is 2.17. The second kappa shape index (κ2) is 8.54. The molecule has 0 heterocycles. The first-order valence-electron chi connectivity index (χ1n) is 7.51. The normalized spacial score (nSPS) is 10.7. The first kappa shape index (κ1) is 19.5. The molecular formula is C17H19N3O4S2. The lowest BCUT2D eigenvalue weighted by Crippen LogP contribution is -2.28. The monoisotopic (exact) mass is 393 g/mol. The van der Waals surface area contributed by atoms with E-state index in [1.165, 1.54) is 25.3 Å². The van der Waals surface area contributed by atoms with Crippen LogP contribution in [0.1, 0.15) is 0 Å². The molecule has 0 aliphatic carbocycles. The Hall–Kier alpha value is -2.78. The highest BCUT2D eigenvalue weighted by molar-refractivity contribution is 7.92. The van der Waals surface area contributed by atoms with Crippen LogP contribution in [0, 0.1) is 0 Å². The molecule has 2 rings (SSSR count). The van der Waals surface area contributed by atoms with Gasteiger partial charge in [0.15, 0.2) is 5.11 Å². The molecule has 26 heavy (non-hydrogen) atoms. The van der Waals surface area contributed by atoms with Crippen molar-refractivity contribution in [2.75, 3.05) is 23.7 Å². The van der Waals surface area contributed by atoms with Crippen molar-refractivity contribution < 1.29 is 18.3 Å². The fourth-order valence-corrected chi connectivity index (χ4v) is 3.26. The lowest BCUT2D eigenvalue weighted by Gasteiger charge is -2.13. The topological polar surface area (TPSA) is 99.7 Å². The third kappa shape index (κ3) is 5.11. The Labute approximate surface area is 157 Å². The van der Waals surface area contributed by atoms with Gasteiger partial charge in [0.1, 0.15) is 11.5 Å². The van der Waals surface area contributed by atoms with Gasteiger partial charge in [0.05, 0.1) is 17.7 Å². The summed E-state index contributed by atoms with van der Waals surface area (Å²) >= 11 is 5.07. The van der Waals surface area contributed by atoms with Crippen molar-refractivity contribution in [1.82, 2.24) is 5.32 Å². The summed E-state index contributed by atoms with van der Waals surface area (Å²) in [6, 6.07) is 10.3. The lowest BCUT2D eigenvalue weighted by atomic mass is 10.3. The first-order chi connectivity index (χ1) is 12.4. The molecule has 0 atom stereocenters. The van der Waals surface area contributed by atoms with Crippen LogP contribution in [-0.4, -0.2) is 32.3 Å². The fraction of sp³-hybridized carbons (Fsp3) is 0.118. The van der Waals surface area contributed by atoms with Gasteiger partial charge in [-0.15, -0.1) is 6.58 Å². The van der Waals surface area contributed by atoms with E-state index in [4.69, 9.17) is 17.0 Å². The number of ether oxygens (including phenoxy) is 1. The maximum absolute atomic E-state index is 12.6. The number of hydrogen-bond donors (Lipinski definition) is 4. The van der Waals surface area contributed by atoms with Crippen LogP contribution in [0.15, 0.2) is 60.0 Å². The van der Waals surface area contributed by atoms with Gasteiger partial charge in [-0.05, 0) is 54.7 Å². The standard InChI is InChI=1S/C17H19N3O4S2/c1-3-10-18-17(25)19-15-11-14(8-9-16(15)21)26(22,23)20-12-4-6-13(24-2)7-5-12/h3-9,11,20-21H,1,10H2,2H3,(H2,18,19,25). The number of hydrogen-bond acceptors (Lipinski definition) is 5. The van der Waals surface area contributed by atoms with Gasteiger partial charge >= 0.3 is 0 Å². The number of sulfonamides is 1. The molecule has 9 heteroatoms. The van der Waals surface area contributed by atoms with E-state index in [1.807, 2.05) is 0 Å². The Morgan fingerprint density at radius 2 is 1.96 bits per heavy atom. The molecule has 2 aromatic rings. The van der Waals surface area contributed by atoms with E-state index < -0.39 is 10.0 Å². The molecule has 0 bridgehead atoms. The molecule has 0 amide bonds. The molecule has 0 radical (unpaired) electrons. The van der Waals surface area contributed by atoms with Gasteiger partial charge in [0.25, 0.3) is 10.0 Å². The summed E-state index contributed by atoms with van der Waals surface area (Å²) in [6.07, 6.45) is 1.62. The molecule has 138 valence electrons. The fourth-order valence-electron chi connectivity index (χ4n) is 1.99. The number of thiocarbonyl (C=S) groups is 1. The van der Waals surface area contributed by atoms with E-state index >= 15 is 0 Å². The molecule has 0 aromatic heterocycles. The molecule has 0 unspecified atom stereocenters. The van der Waals surface area contributed by atoms with Crippen LogP contribution in [0.4, 0.5) is 11.4 Å². The summed E-state index contributed by atoms with van der Waals surface area (Å²) in [5.74, 6) is 0.487. The van der Waals surface area contributed by atoms with Gasteiger partial charge in [0.2, 0.25) is 0 Å². The van der Waals surface area contributed by atoms with E-state index in [0.29, 0.717) is 18.0 Å². The van der Waals surface area contributed by atoms with Crippen molar-refractivity contribution >= 4 is 38.7 Å². The number of phenols is 1. The van der Waals surface area contributed by atoms with Crippen molar-refractivity contribution in [2.24, 2.45) is 0 Å². The minimum atomic E-state index is -3.85. The molecule has 0 saturated carbocycles. The maximum atomic E-state index is 12.6. The number of nitrogens with one attached hydrogen (secondary N) is 3. The molecule has 7 nitrogen and oxygen atoms in total. The Morgan fingerprint density at radius 3 is 2.58 bits per heavy atom. The molecule has 0 saturated heterocycles. The molecule has 4 N–H and O–H groups in total. The van der Waals surface area contributed by atoms with Crippen LogP contribution in [-0.2, 0) is 10.0 Å². The largest absolute Gasteiger partial charge is 0.506 e. The third-order valence-corrected chi connectivity index (χ3v) is 4.90. The summed E-state index contributed by atoms with van der Waals surface area (Å²) < 4.78 is 32.6. The van der Waals surface area contributed by atoms with E-state index in [0.717, 1.165) is 0 Å². The lowest BCUT2D eigenvalue weighted by molar-refractivity contribution is 0.415. The number of methoxy groups -OCH3 is 1. The van der Waals surface area contributed by atoms with Gasteiger partial charge in [0, 0.05) is 12.2 Å². The average molecular weight is 393 g/mol. The maximum Gasteiger partial charge on any atom is 0.261 e. The average Bonchev–Trinajstić information content (AvgIpc) is 2.62. The van der Waals surface area contributed by atoms with Crippen molar-refractivity contribution in [2.45, 2.75) is 4.90 Å². The van der Waals surface area contributed by atoms with E-state index in [2.05, 4.69) is 21.9 Å². The minimum absolute atomic E-state index is 0.0276. The van der Waals surface area contributed by atoms with Gasteiger partial charge in [-0.25, -0.2) is 8.42 Å². The molecule has 0 aliphatic heterocycles. The van der Waals surface area contributed by atoms with Crippen molar-refractivity contribution in [3.63, 3.8) is 0 Å². The Morgan fingerprint density at radius 1 is 1.27 bits per heavy atom. The second-order valence-electron chi connectivity index (χ2n) is 5.14. The van der Waals surface area contributed by atoms with E-state index in [-0.39, 0.29) is 21.4 Å². The van der Waals surface area contributed by atoms with Crippen molar-refractivity contribution in [1.29, 1.82) is 0 Å². The molecular weight excluding hydrogens is 374 g/mol. The van der Waals surface area contributed by atoms with Gasteiger partial charge in [-0.1, -0.05) is 6.08 Å². The van der Waals surface area contributed by atoms with Crippen LogP contribution >= 0.6 is 12.2 Å². The SMILES string of the molecule is C=CCNC(=S)Nc1cc(S(=O)(=O)Nc2ccc(OC)cc2)ccc1O. The highest BCUT2D eigenvalue weighted by atomic mass is 32.2. The smallest absolute Gasteiger partial charge is 0.261 e. The van der Waals surface area contributed by atoms with Crippen molar-refractivity contribution in [3.05, 3.63) is 55.1 Å². The number of aromatic hydroxyl groups is 1. The summed E-state index contributed by atoms with van der Waals surface area (Å²) in [7, 11) is -2.32. The zero-order valence-corrected chi connectivity index (χ0v) is 15.7. The quantitative estimate of drug-likeness (QED) is 0.326. The number of anilines is 2. The summed E-state index contributed by atoms with van der Waals surface area (Å²) in [5.41, 5.74) is 0.556. The Bertz CT molecular complexity index is 897. The predicted octanol–water partition coefficient (Wildman–Crippen LogP) is 2.67. The first-order valence-corrected chi connectivity index (χ1v) is 9.40. The number of rotatable bonds is 7. The predicted molar refractivity (Wildman–Crippen MR) is 106 cm³/mol. The van der Waals surface area contributed by atoms with Gasteiger partial charge < -0.3 is 20.5 Å². The van der Waals surface area contributed by atoms with Crippen LogP contribution < -0.4 is 20.1 Å². The van der Waals surface area contributed by atoms with Crippen LogP contribution in [0.25, 0.3) is 0 Å². The molecule has 0 aliphatic rings.